The highest BCUT2D eigenvalue weighted by Gasteiger charge is 2.24. The van der Waals surface area contributed by atoms with Crippen LogP contribution in [0.25, 0.3) is 22.3 Å². The van der Waals surface area contributed by atoms with Crippen molar-refractivity contribution in [3.8, 4) is 40.1 Å². The van der Waals surface area contributed by atoms with E-state index in [9.17, 15) is 30.0 Å². The summed E-state index contributed by atoms with van der Waals surface area (Å²) in [5.74, 6) is -2.86. The number of hydrogen-bond donors (Lipinski definition) is 4. The zero-order chi connectivity index (χ0) is 28.9. The molecule has 0 amide bonds. The van der Waals surface area contributed by atoms with Crippen molar-refractivity contribution in [3.05, 3.63) is 40.6 Å². The lowest BCUT2D eigenvalue weighted by Crippen LogP contribution is -2.16. The van der Waals surface area contributed by atoms with E-state index in [4.69, 9.17) is 9.15 Å². The fraction of sp³-hybridized carbons (Fsp3) is 0.500. The van der Waals surface area contributed by atoms with Crippen LogP contribution in [0.1, 0.15) is 103 Å². The average Bonchev–Trinajstić information content (AvgIpc) is 2.90. The van der Waals surface area contributed by atoms with E-state index < -0.39 is 28.6 Å². The molecule has 3 rings (SSSR count). The van der Waals surface area contributed by atoms with Crippen LogP contribution in [0, 0.1) is 0 Å². The number of carbonyl (C=O) groups excluding carboxylic acids is 1. The van der Waals surface area contributed by atoms with Crippen LogP contribution in [0.2, 0.25) is 0 Å². The molecule has 8 heteroatoms. The van der Waals surface area contributed by atoms with Gasteiger partial charge in [-0.25, -0.2) is 0 Å². The maximum atomic E-state index is 13.3. The van der Waals surface area contributed by atoms with Gasteiger partial charge >= 0.3 is 5.97 Å². The molecule has 0 radical (unpaired) electrons. The third-order valence-electron chi connectivity index (χ3n) is 7.09. The number of unbranched alkanes of at least 4 members (excludes halogenated alkanes) is 13. The zero-order valence-electron chi connectivity index (χ0n) is 23.4. The Morgan fingerprint density at radius 3 is 1.85 bits per heavy atom. The highest BCUT2D eigenvalue weighted by molar-refractivity contribution is 5.90. The van der Waals surface area contributed by atoms with Crippen molar-refractivity contribution in [3.63, 3.8) is 0 Å². The van der Waals surface area contributed by atoms with Crippen molar-refractivity contribution in [2.75, 3.05) is 0 Å². The van der Waals surface area contributed by atoms with Gasteiger partial charge in [0.2, 0.25) is 11.2 Å². The highest BCUT2D eigenvalue weighted by atomic mass is 16.5. The van der Waals surface area contributed by atoms with E-state index in [1.54, 1.807) is 0 Å². The number of carbonyl (C=O) groups is 1. The normalized spacial score (nSPS) is 11.2. The van der Waals surface area contributed by atoms with Crippen molar-refractivity contribution in [2.45, 2.75) is 103 Å². The van der Waals surface area contributed by atoms with Crippen LogP contribution in [-0.4, -0.2) is 26.4 Å². The number of rotatable bonds is 17. The molecule has 0 aliphatic carbocycles. The molecule has 0 bridgehead atoms. The van der Waals surface area contributed by atoms with E-state index in [0.29, 0.717) is 6.42 Å². The molecule has 8 nitrogen and oxygen atoms in total. The third kappa shape index (κ3) is 8.93. The van der Waals surface area contributed by atoms with E-state index in [0.717, 1.165) is 37.5 Å². The van der Waals surface area contributed by atoms with Crippen molar-refractivity contribution >= 4 is 16.9 Å². The molecule has 2 aromatic carbocycles. The van der Waals surface area contributed by atoms with Gasteiger partial charge in [-0.2, -0.15) is 0 Å². The lowest BCUT2D eigenvalue weighted by molar-refractivity contribution is -0.134. The van der Waals surface area contributed by atoms with Crippen LogP contribution >= 0.6 is 0 Å². The smallest absolute Gasteiger partial charge is 0.311 e. The summed E-state index contributed by atoms with van der Waals surface area (Å²) in [7, 11) is 0. The molecular weight excluding hydrogens is 512 g/mol. The fourth-order valence-electron chi connectivity index (χ4n) is 4.88. The molecule has 0 aliphatic rings. The SMILES string of the molecule is CCCCCCCCCCCCCCCCC(=O)Oc1c(-c2ccc(O)cc2O)oc2cc(O)cc(O)c2c1=O. The minimum Gasteiger partial charge on any atom is -0.508 e. The summed E-state index contributed by atoms with van der Waals surface area (Å²) in [4.78, 5) is 25.9. The van der Waals surface area contributed by atoms with Gasteiger partial charge in [-0.05, 0) is 18.6 Å². The number of benzene rings is 2. The number of ether oxygens (including phenoxy) is 1. The summed E-state index contributed by atoms with van der Waals surface area (Å²) in [6.07, 6.45) is 16.8. The highest BCUT2D eigenvalue weighted by Crippen LogP contribution is 2.40. The molecule has 218 valence electrons. The largest absolute Gasteiger partial charge is 0.508 e. The Labute approximate surface area is 235 Å². The summed E-state index contributed by atoms with van der Waals surface area (Å²) < 4.78 is 11.2. The molecular formula is C32H42O8. The van der Waals surface area contributed by atoms with Crippen LogP contribution in [-0.2, 0) is 4.79 Å². The third-order valence-corrected chi connectivity index (χ3v) is 7.09. The lowest BCUT2D eigenvalue weighted by Gasteiger charge is -2.12. The molecule has 0 spiro atoms. The second-order valence-electron chi connectivity index (χ2n) is 10.4. The second-order valence-corrected chi connectivity index (χ2v) is 10.4. The molecule has 0 unspecified atom stereocenters. The first-order valence-electron chi connectivity index (χ1n) is 14.6. The molecule has 1 aromatic heterocycles. The standard InChI is InChI=1S/C32H42O8/c1-2-3-4-5-6-7-8-9-10-11-12-13-14-15-16-28(37)40-32-30(38)29-26(36)20-23(34)21-27(29)39-31(32)24-18-17-22(33)19-25(24)35/h17-21,33-36H,2-16H2,1H3. The molecule has 0 aliphatic heterocycles. The Morgan fingerprint density at radius 1 is 0.725 bits per heavy atom. The number of phenols is 4. The predicted octanol–water partition coefficient (Wildman–Crippen LogP) is 8.06. The summed E-state index contributed by atoms with van der Waals surface area (Å²) in [5.41, 5.74) is -0.980. The van der Waals surface area contributed by atoms with Gasteiger partial charge in [0.25, 0.3) is 0 Å². The Morgan fingerprint density at radius 2 is 1.27 bits per heavy atom. The van der Waals surface area contributed by atoms with Gasteiger partial charge in [0, 0.05) is 24.6 Å². The summed E-state index contributed by atoms with van der Waals surface area (Å²) in [6.45, 7) is 2.24. The topological polar surface area (TPSA) is 137 Å². The van der Waals surface area contributed by atoms with Gasteiger partial charge in [-0.3, -0.25) is 9.59 Å². The molecule has 1 heterocycles. The van der Waals surface area contributed by atoms with Crippen LogP contribution in [0.5, 0.6) is 28.7 Å². The van der Waals surface area contributed by atoms with Crippen LogP contribution in [0.15, 0.2) is 39.5 Å². The maximum Gasteiger partial charge on any atom is 0.311 e. The maximum absolute atomic E-state index is 13.3. The van der Waals surface area contributed by atoms with Gasteiger partial charge in [0.15, 0.2) is 5.76 Å². The molecule has 0 fully saturated rings. The van der Waals surface area contributed by atoms with Gasteiger partial charge in [-0.15, -0.1) is 0 Å². The van der Waals surface area contributed by atoms with Crippen LogP contribution in [0.4, 0.5) is 0 Å². The Kier molecular flexibility index (Phi) is 12.2. The number of hydrogen-bond acceptors (Lipinski definition) is 8. The van der Waals surface area contributed by atoms with Gasteiger partial charge in [-0.1, -0.05) is 90.4 Å². The Hall–Kier alpha value is -3.68. The molecule has 4 N–H and O–H groups in total. The molecule has 0 atom stereocenters. The van der Waals surface area contributed by atoms with Crippen molar-refractivity contribution in [2.24, 2.45) is 0 Å². The van der Waals surface area contributed by atoms with E-state index in [-0.39, 0.29) is 40.2 Å². The first-order chi connectivity index (χ1) is 19.3. The quantitative estimate of drug-likeness (QED) is 0.0971. The Balaban J connectivity index is 1.52. The van der Waals surface area contributed by atoms with Crippen molar-refractivity contribution in [1.29, 1.82) is 0 Å². The Bertz CT molecular complexity index is 1310. The van der Waals surface area contributed by atoms with E-state index in [1.807, 2.05) is 0 Å². The monoisotopic (exact) mass is 554 g/mol. The molecule has 0 saturated carbocycles. The lowest BCUT2D eigenvalue weighted by atomic mass is 10.0. The number of esters is 1. The predicted molar refractivity (Wildman–Crippen MR) is 155 cm³/mol. The van der Waals surface area contributed by atoms with Crippen molar-refractivity contribution in [1.82, 2.24) is 0 Å². The first-order valence-corrected chi connectivity index (χ1v) is 14.6. The molecule has 40 heavy (non-hydrogen) atoms. The minimum atomic E-state index is -0.824. The summed E-state index contributed by atoms with van der Waals surface area (Å²) in [6, 6.07) is 5.76. The van der Waals surface area contributed by atoms with Crippen LogP contribution < -0.4 is 10.2 Å². The van der Waals surface area contributed by atoms with Gasteiger partial charge in [0.05, 0.1) is 5.56 Å². The van der Waals surface area contributed by atoms with E-state index >= 15 is 0 Å². The first kappa shape index (κ1) is 30.9. The zero-order valence-corrected chi connectivity index (χ0v) is 23.4. The van der Waals surface area contributed by atoms with Crippen LogP contribution in [0.3, 0.4) is 0 Å². The molecule has 3 aromatic rings. The van der Waals surface area contributed by atoms with Crippen molar-refractivity contribution < 1.29 is 34.4 Å². The second kappa shape index (κ2) is 15.8. The average molecular weight is 555 g/mol. The fourth-order valence-corrected chi connectivity index (χ4v) is 4.88. The summed E-state index contributed by atoms with van der Waals surface area (Å²) in [5, 5.41) is 39.8. The van der Waals surface area contributed by atoms with E-state index in [1.165, 1.54) is 76.3 Å². The van der Waals surface area contributed by atoms with E-state index in [2.05, 4.69) is 6.92 Å². The number of aromatic hydroxyl groups is 4. The minimum absolute atomic E-state index is 0.000995. The number of fused-ring (bicyclic) bond motifs is 1. The summed E-state index contributed by atoms with van der Waals surface area (Å²) >= 11 is 0. The van der Waals surface area contributed by atoms with Gasteiger partial charge in [0.1, 0.15) is 34.0 Å². The van der Waals surface area contributed by atoms with Gasteiger partial charge < -0.3 is 29.6 Å². The number of phenolic OH excluding ortho intramolecular Hbond substituents is 4. The molecule has 0 saturated heterocycles.